The van der Waals surface area contributed by atoms with E-state index in [0.29, 0.717) is 29.0 Å². The Morgan fingerprint density at radius 2 is 1.96 bits per heavy atom. The van der Waals surface area contributed by atoms with Gasteiger partial charge in [0.25, 0.3) is 0 Å². The molecule has 2 aromatic rings. The van der Waals surface area contributed by atoms with E-state index in [1.807, 2.05) is 26.0 Å². The van der Waals surface area contributed by atoms with Crippen LogP contribution in [0.25, 0.3) is 0 Å². The molecule has 0 aromatic heterocycles. The third-order valence-corrected chi connectivity index (χ3v) is 4.00. The van der Waals surface area contributed by atoms with Gasteiger partial charge in [-0.05, 0) is 37.5 Å². The van der Waals surface area contributed by atoms with Gasteiger partial charge in [0.05, 0.1) is 12.8 Å². The number of aryl methyl sites for hydroxylation is 2. The van der Waals surface area contributed by atoms with Gasteiger partial charge in [-0.15, -0.1) is 0 Å². The van der Waals surface area contributed by atoms with E-state index in [9.17, 15) is 9.18 Å². The molecule has 0 bridgehead atoms. The Labute approximate surface area is 157 Å². The van der Waals surface area contributed by atoms with Gasteiger partial charge < -0.3 is 14.4 Å². The van der Waals surface area contributed by atoms with E-state index in [2.05, 4.69) is 15.4 Å². The molecule has 0 aliphatic heterocycles. The quantitative estimate of drug-likeness (QED) is 0.580. The van der Waals surface area contributed by atoms with Gasteiger partial charge in [0.2, 0.25) is 0 Å². The maximum Gasteiger partial charge on any atom is 0.440 e. The van der Waals surface area contributed by atoms with E-state index in [1.54, 1.807) is 31.2 Å². The first-order chi connectivity index (χ1) is 13.0. The standard InChI is InChI=1S/C20H23FN2O4/c1-5-15-7-6-8-17(19(15)21)12-26-22-14(3)16-10-9-13(2)18(11-16)27-23-20(24)25-4/h6-11H,5,12H2,1-4H3,(H,23,24). The molecule has 0 heterocycles. The zero-order valence-electron chi connectivity index (χ0n) is 15.8. The summed E-state index contributed by atoms with van der Waals surface area (Å²) in [5.74, 6) is 0.196. The number of nitrogens with zero attached hydrogens (tertiary/aromatic N) is 1. The first-order valence-electron chi connectivity index (χ1n) is 8.50. The molecule has 1 N–H and O–H groups in total. The minimum atomic E-state index is -0.704. The highest BCUT2D eigenvalue weighted by Crippen LogP contribution is 2.20. The lowest BCUT2D eigenvalue weighted by molar-refractivity contribution is 0.118. The molecule has 27 heavy (non-hydrogen) atoms. The van der Waals surface area contributed by atoms with Crippen molar-refractivity contribution in [3.05, 3.63) is 64.5 Å². The van der Waals surface area contributed by atoms with E-state index < -0.39 is 6.09 Å². The fourth-order valence-corrected chi connectivity index (χ4v) is 2.34. The highest BCUT2D eigenvalue weighted by Gasteiger charge is 2.09. The van der Waals surface area contributed by atoms with Crippen LogP contribution in [0.5, 0.6) is 5.75 Å². The second kappa shape index (κ2) is 9.56. The number of oxime groups is 1. The van der Waals surface area contributed by atoms with E-state index in [-0.39, 0.29) is 12.4 Å². The van der Waals surface area contributed by atoms with Crippen LogP contribution in [0.2, 0.25) is 0 Å². The number of halogens is 1. The van der Waals surface area contributed by atoms with Crippen molar-refractivity contribution in [2.45, 2.75) is 33.8 Å². The number of amides is 1. The highest BCUT2D eigenvalue weighted by molar-refractivity contribution is 5.98. The maximum atomic E-state index is 14.2. The normalized spacial score (nSPS) is 11.1. The van der Waals surface area contributed by atoms with Crippen molar-refractivity contribution in [1.29, 1.82) is 0 Å². The minimum Gasteiger partial charge on any atom is -0.451 e. The summed E-state index contributed by atoms with van der Waals surface area (Å²) in [4.78, 5) is 21.7. The second-order valence-corrected chi connectivity index (χ2v) is 5.87. The lowest BCUT2D eigenvalue weighted by Crippen LogP contribution is -2.27. The Kier molecular flexibility index (Phi) is 7.16. The molecule has 0 fully saturated rings. The molecular weight excluding hydrogens is 351 g/mol. The average Bonchev–Trinajstić information content (AvgIpc) is 2.68. The SMILES string of the molecule is CCc1cccc(CON=C(C)c2ccc(C)c(ONC(=O)OC)c2)c1F. The monoisotopic (exact) mass is 374 g/mol. The average molecular weight is 374 g/mol. The van der Waals surface area contributed by atoms with E-state index in [4.69, 9.17) is 9.68 Å². The summed E-state index contributed by atoms with van der Waals surface area (Å²) in [5, 5.41) is 4.05. The van der Waals surface area contributed by atoms with E-state index in [0.717, 1.165) is 11.1 Å². The molecule has 0 radical (unpaired) electrons. The van der Waals surface area contributed by atoms with Crippen molar-refractivity contribution in [1.82, 2.24) is 5.48 Å². The Morgan fingerprint density at radius 1 is 1.22 bits per heavy atom. The van der Waals surface area contributed by atoms with E-state index in [1.165, 1.54) is 7.11 Å². The van der Waals surface area contributed by atoms with Crippen LogP contribution in [0.3, 0.4) is 0 Å². The predicted molar refractivity (Wildman–Crippen MR) is 100 cm³/mol. The van der Waals surface area contributed by atoms with Crippen LogP contribution in [0.4, 0.5) is 9.18 Å². The fourth-order valence-electron chi connectivity index (χ4n) is 2.34. The number of ether oxygens (including phenoxy) is 1. The van der Waals surface area contributed by atoms with Crippen LogP contribution < -0.4 is 10.3 Å². The zero-order chi connectivity index (χ0) is 19.8. The third-order valence-electron chi connectivity index (χ3n) is 4.00. The summed E-state index contributed by atoms with van der Waals surface area (Å²) >= 11 is 0. The van der Waals surface area contributed by atoms with Gasteiger partial charge in [-0.25, -0.2) is 9.18 Å². The number of carbonyl (C=O) groups excluding carboxylic acids is 1. The number of hydrogen-bond acceptors (Lipinski definition) is 5. The number of hydroxylamine groups is 1. The van der Waals surface area contributed by atoms with Crippen LogP contribution in [0.1, 0.15) is 36.1 Å². The first-order valence-corrected chi connectivity index (χ1v) is 8.50. The highest BCUT2D eigenvalue weighted by atomic mass is 19.1. The van der Waals surface area contributed by atoms with E-state index >= 15 is 0 Å². The maximum absolute atomic E-state index is 14.2. The lowest BCUT2D eigenvalue weighted by Gasteiger charge is -2.10. The summed E-state index contributed by atoms with van der Waals surface area (Å²) in [5.41, 5.74) is 5.42. The molecule has 2 rings (SSSR count). The van der Waals surface area contributed by atoms with Crippen molar-refractivity contribution in [3.8, 4) is 5.75 Å². The third kappa shape index (κ3) is 5.44. The Hall–Kier alpha value is -3.09. The second-order valence-electron chi connectivity index (χ2n) is 5.87. The number of methoxy groups -OCH3 is 1. The van der Waals surface area contributed by atoms with Crippen molar-refractivity contribution in [3.63, 3.8) is 0 Å². The predicted octanol–water partition coefficient (Wildman–Crippen LogP) is 4.29. The zero-order valence-corrected chi connectivity index (χ0v) is 15.8. The summed E-state index contributed by atoms with van der Waals surface area (Å²) in [6.07, 6.45) is -0.0851. The number of rotatable bonds is 7. The minimum absolute atomic E-state index is 0.0378. The van der Waals surface area contributed by atoms with Crippen LogP contribution in [-0.4, -0.2) is 18.9 Å². The molecule has 144 valence electrons. The number of benzene rings is 2. The summed E-state index contributed by atoms with van der Waals surface area (Å²) in [7, 11) is 1.25. The van der Waals surface area contributed by atoms with Gasteiger partial charge in [-0.3, -0.25) is 0 Å². The molecule has 0 atom stereocenters. The Balaban J connectivity index is 2.06. The van der Waals surface area contributed by atoms with Crippen molar-refractivity contribution < 1.29 is 23.6 Å². The molecule has 1 amide bonds. The van der Waals surface area contributed by atoms with Crippen LogP contribution >= 0.6 is 0 Å². The van der Waals surface area contributed by atoms with Crippen molar-refractivity contribution in [2.24, 2.45) is 5.16 Å². The van der Waals surface area contributed by atoms with Gasteiger partial charge >= 0.3 is 6.09 Å². The van der Waals surface area contributed by atoms with Gasteiger partial charge in [0.15, 0.2) is 5.75 Å². The first kappa shape index (κ1) is 20.2. The molecule has 7 heteroatoms. The summed E-state index contributed by atoms with van der Waals surface area (Å²) in [6.45, 7) is 5.54. The number of carbonyl (C=O) groups is 1. The summed E-state index contributed by atoms with van der Waals surface area (Å²) in [6, 6.07) is 10.6. The van der Waals surface area contributed by atoms with Crippen molar-refractivity contribution in [2.75, 3.05) is 7.11 Å². The topological polar surface area (TPSA) is 69.2 Å². The molecule has 0 aliphatic carbocycles. The van der Waals surface area contributed by atoms with Crippen LogP contribution in [-0.2, 0) is 22.6 Å². The molecular formula is C20H23FN2O4. The Bertz CT molecular complexity index is 837. The molecule has 6 nitrogen and oxygen atoms in total. The lowest BCUT2D eigenvalue weighted by atomic mass is 10.1. The smallest absolute Gasteiger partial charge is 0.440 e. The number of hydrogen-bond donors (Lipinski definition) is 1. The van der Waals surface area contributed by atoms with Gasteiger partial charge in [-0.2, -0.15) is 5.48 Å². The fraction of sp³-hybridized carbons (Fsp3) is 0.300. The molecule has 0 saturated heterocycles. The molecule has 2 aromatic carbocycles. The van der Waals surface area contributed by atoms with Gasteiger partial charge in [-0.1, -0.05) is 42.4 Å². The van der Waals surface area contributed by atoms with Gasteiger partial charge in [0.1, 0.15) is 12.4 Å². The van der Waals surface area contributed by atoms with Gasteiger partial charge in [0, 0.05) is 11.1 Å². The Morgan fingerprint density at radius 3 is 2.67 bits per heavy atom. The number of nitrogens with one attached hydrogen (secondary N) is 1. The molecule has 0 unspecified atom stereocenters. The van der Waals surface area contributed by atoms with Crippen molar-refractivity contribution >= 4 is 11.8 Å². The molecule has 0 saturated carbocycles. The molecule has 0 aliphatic rings. The summed E-state index contributed by atoms with van der Waals surface area (Å²) < 4.78 is 18.7. The van der Waals surface area contributed by atoms with Crippen LogP contribution in [0, 0.1) is 12.7 Å². The largest absolute Gasteiger partial charge is 0.451 e. The molecule has 0 spiro atoms. The van der Waals surface area contributed by atoms with Crippen LogP contribution in [0.15, 0.2) is 41.6 Å².